The van der Waals surface area contributed by atoms with Gasteiger partial charge in [0.25, 0.3) is 6.26 Å². The summed E-state index contributed by atoms with van der Waals surface area (Å²) in [6.07, 6.45) is 2.47. The van der Waals surface area contributed by atoms with Crippen LogP contribution in [0.25, 0.3) is 0 Å². The van der Waals surface area contributed by atoms with E-state index in [2.05, 4.69) is 17.4 Å². The van der Waals surface area contributed by atoms with Crippen molar-refractivity contribution < 1.29 is 4.74 Å². The summed E-state index contributed by atoms with van der Waals surface area (Å²) in [5.74, 6) is 3.06. The zero-order chi connectivity index (χ0) is 13.5. The summed E-state index contributed by atoms with van der Waals surface area (Å²) in [6.45, 7) is 3.44. The normalized spacial score (nSPS) is 9.21. The Morgan fingerprint density at radius 3 is 2.11 bits per heavy atom. The van der Waals surface area contributed by atoms with Crippen LogP contribution in [0.2, 0.25) is 0 Å². The molecule has 0 fully saturated rings. The quantitative estimate of drug-likeness (QED) is 0.612. The van der Waals surface area contributed by atoms with Gasteiger partial charge < -0.3 is 4.74 Å². The van der Waals surface area contributed by atoms with Crippen molar-refractivity contribution in [3.63, 3.8) is 0 Å². The van der Waals surface area contributed by atoms with Gasteiger partial charge in [-0.2, -0.15) is 0 Å². The Hall–Kier alpha value is -2.82. The molecule has 0 saturated heterocycles. The minimum Gasteiger partial charge on any atom is -0.388 e. The highest BCUT2D eigenvalue weighted by molar-refractivity contribution is 5.55. The molecule has 0 aromatic heterocycles. The van der Waals surface area contributed by atoms with Crippen molar-refractivity contribution in [2.24, 2.45) is 4.99 Å². The fourth-order valence-corrected chi connectivity index (χ4v) is 1.74. The van der Waals surface area contributed by atoms with Crippen LogP contribution in [0, 0.1) is 11.5 Å². The van der Waals surface area contributed by atoms with Crippen LogP contribution in [0.15, 0.2) is 60.1 Å². The number of ether oxygens (including phenoxy) is 1. The van der Waals surface area contributed by atoms with Crippen molar-refractivity contribution in [3.05, 3.63) is 66.2 Å². The van der Waals surface area contributed by atoms with Crippen molar-refractivity contribution in [1.82, 2.24) is 0 Å². The maximum absolute atomic E-state index is 8.40. The summed E-state index contributed by atoms with van der Waals surface area (Å²) < 4.78 is 4.73. The van der Waals surface area contributed by atoms with E-state index in [0.29, 0.717) is 5.75 Å². The van der Waals surface area contributed by atoms with Gasteiger partial charge >= 0.3 is 0 Å². The number of nitriles is 1. The van der Waals surface area contributed by atoms with Crippen LogP contribution in [-0.4, -0.2) is 5.87 Å². The van der Waals surface area contributed by atoms with Gasteiger partial charge in [0.05, 0.1) is 5.69 Å². The molecular weight excluding hydrogens is 236 g/mol. The minimum absolute atomic E-state index is 0.557. The van der Waals surface area contributed by atoms with Gasteiger partial charge in [-0.05, 0) is 54.3 Å². The Labute approximate surface area is 112 Å². The third-order valence-corrected chi connectivity index (χ3v) is 2.64. The molecule has 3 nitrogen and oxygen atoms in total. The maximum atomic E-state index is 8.40. The lowest BCUT2D eigenvalue weighted by Gasteiger charge is -2.03. The van der Waals surface area contributed by atoms with Crippen LogP contribution in [0.4, 0.5) is 5.69 Å². The predicted molar refractivity (Wildman–Crippen MR) is 74.7 cm³/mol. The van der Waals surface area contributed by atoms with E-state index in [1.54, 1.807) is 18.4 Å². The Morgan fingerprint density at radius 2 is 1.58 bits per heavy atom. The first kappa shape index (κ1) is 12.6. The fraction of sp³-hybridized carbons (Fsp3) is 0.0625. The molecule has 0 aliphatic heterocycles. The summed E-state index contributed by atoms with van der Waals surface area (Å²) >= 11 is 0. The first-order valence-electron chi connectivity index (χ1n) is 5.78. The maximum Gasteiger partial charge on any atom is 0.292 e. The highest BCUT2D eigenvalue weighted by atomic mass is 16.5. The Bertz CT molecular complexity index is 630. The van der Waals surface area contributed by atoms with Crippen molar-refractivity contribution in [3.8, 4) is 12.0 Å². The molecule has 2 aromatic rings. The summed E-state index contributed by atoms with van der Waals surface area (Å²) in [7, 11) is 0. The number of aliphatic imine (C=N–C) groups is 1. The van der Waals surface area contributed by atoms with Crippen LogP contribution in [-0.2, 0) is 6.42 Å². The third kappa shape index (κ3) is 3.57. The van der Waals surface area contributed by atoms with Crippen molar-refractivity contribution in [1.29, 1.82) is 5.26 Å². The average Bonchev–Trinajstić information content (AvgIpc) is 2.44. The van der Waals surface area contributed by atoms with Gasteiger partial charge in [-0.15, -0.1) is 5.26 Å². The molecule has 2 aromatic carbocycles. The van der Waals surface area contributed by atoms with Gasteiger partial charge in [0.1, 0.15) is 5.75 Å². The second kappa shape index (κ2) is 6.20. The van der Waals surface area contributed by atoms with Gasteiger partial charge in [0.15, 0.2) is 0 Å². The van der Waals surface area contributed by atoms with Crippen molar-refractivity contribution in [2.75, 3.05) is 0 Å². The lowest BCUT2D eigenvalue weighted by molar-refractivity contribution is 0.507. The van der Waals surface area contributed by atoms with E-state index in [1.165, 1.54) is 5.56 Å². The molecule has 0 saturated carbocycles. The molecule has 2 rings (SSSR count). The van der Waals surface area contributed by atoms with Crippen LogP contribution in [0.3, 0.4) is 0 Å². The zero-order valence-corrected chi connectivity index (χ0v) is 10.3. The molecule has 0 N–H and O–H groups in total. The van der Waals surface area contributed by atoms with Crippen LogP contribution in [0.1, 0.15) is 11.1 Å². The molecule has 0 heterocycles. The van der Waals surface area contributed by atoms with Gasteiger partial charge in [-0.25, -0.2) is 4.99 Å². The fourth-order valence-electron chi connectivity index (χ4n) is 1.74. The lowest BCUT2D eigenvalue weighted by atomic mass is 10.0. The molecule has 19 heavy (non-hydrogen) atoms. The topological polar surface area (TPSA) is 45.4 Å². The molecule has 0 aliphatic carbocycles. The summed E-state index contributed by atoms with van der Waals surface area (Å²) in [4.78, 5) is 3.98. The molecule has 3 heteroatoms. The smallest absolute Gasteiger partial charge is 0.292 e. The molecule has 0 spiro atoms. The van der Waals surface area contributed by atoms with E-state index >= 15 is 0 Å². The van der Waals surface area contributed by atoms with Gasteiger partial charge in [0, 0.05) is 0 Å². The standard InChI is InChI=1S/C16H12N2O/c1-2-18-15-7-3-13(4-8-15)11-14-5-9-16(10-6-14)19-12-17/h3-10H,1,11H2. The summed E-state index contributed by atoms with van der Waals surface area (Å²) in [5, 5.41) is 8.40. The highest BCUT2D eigenvalue weighted by Crippen LogP contribution is 2.17. The largest absolute Gasteiger partial charge is 0.388 e. The predicted octanol–water partition coefficient (Wildman–Crippen LogP) is 3.62. The van der Waals surface area contributed by atoms with Crippen molar-refractivity contribution in [2.45, 2.75) is 6.42 Å². The van der Waals surface area contributed by atoms with E-state index in [-0.39, 0.29) is 0 Å². The highest BCUT2D eigenvalue weighted by Gasteiger charge is 1.98. The molecule has 0 radical (unpaired) electrons. The van der Waals surface area contributed by atoms with E-state index in [1.807, 2.05) is 36.4 Å². The van der Waals surface area contributed by atoms with Crippen LogP contribution < -0.4 is 4.74 Å². The van der Waals surface area contributed by atoms with Crippen molar-refractivity contribution >= 4 is 11.6 Å². The molecule has 0 amide bonds. The third-order valence-electron chi connectivity index (χ3n) is 2.64. The monoisotopic (exact) mass is 248 g/mol. The number of rotatable bonds is 4. The Kier molecular flexibility index (Phi) is 4.12. The summed E-state index contributed by atoms with van der Waals surface area (Å²) in [5.41, 5.74) is 3.19. The molecular formula is C16H12N2O. The van der Waals surface area contributed by atoms with Gasteiger partial charge in [-0.3, -0.25) is 0 Å². The molecule has 0 aliphatic rings. The first-order valence-corrected chi connectivity index (χ1v) is 5.78. The van der Waals surface area contributed by atoms with Crippen LogP contribution >= 0.6 is 0 Å². The number of nitrogens with zero attached hydrogens (tertiary/aromatic N) is 2. The van der Waals surface area contributed by atoms with E-state index in [0.717, 1.165) is 17.7 Å². The van der Waals surface area contributed by atoms with E-state index < -0.39 is 0 Å². The molecule has 92 valence electrons. The number of benzene rings is 2. The minimum atomic E-state index is 0.557. The number of hydrogen-bond acceptors (Lipinski definition) is 3. The van der Waals surface area contributed by atoms with Crippen LogP contribution in [0.5, 0.6) is 5.75 Å². The summed E-state index contributed by atoms with van der Waals surface area (Å²) in [6, 6.07) is 15.4. The van der Waals surface area contributed by atoms with Gasteiger partial charge in [0.2, 0.25) is 0 Å². The Morgan fingerprint density at radius 1 is 1.00 bits per heavy atom. The Balaban J connectivity index is 2.08. The van der Waals surface area contributed by atoms with Gasteiger partial charge in [-0.1, -0.05) is 24.3 Å². The van der Waals surface area contributed by atoms with E-state index in [9.17, 15) is 0 Å². The molecule has 0 bridgehead atoms. The molecule has 0 atom stereocenters. The number of hydrogen-bond donors (Lipinski definition) is 0. The average molecular weight is 248 g/mol. The lowest BCUT2D eigenvalue weighted by Crippen LogP contribution is -1.88. The SMILES string of the molecule is C=C=Nc1ccc(Cc2ccc(OC#N)cc2)cc1. The second-order valence-corrected chi connectivity index (χ2v) is 3.95. The first-order chi connectivity index (χ1) is 9.31. The van der Waals surface area contributed by atoms with E-state index in [4.69, 9.17) is 10.00 Å². The second-order valence-electron chi connectivity index (χ2n) is 3.95. The zero-order valence-electron chi connectivity index (χ0n) is 10.3. The molecule has 0 unspecified atom stereocenters.